The molecule has 200 valence electrons. The third-order valence-electron chi connectivity index (χ3n) is 8.85. The summed E-state index contributed by atoms with van der Waals surface area (Å²) in [7, 11) is 0. The Morgan fingerprint density at radius 2 is 0.837 bits per heavy atom. The number of furan rings is 1. The molecule has 9 rings (SSSR count). The van der Waals surface area contributed by atoms with Crippen molar-refractivity contribution in [3.63, 3.8) is 0 Å². The van der Waals surface area contributed by atoms with E-state index in [4.69, 9.17) is 4.42 Å². The third kappa shape index (κ3) is 3.72. The van der Waals surface area contributed by atoms with Gasteiger partial charge in [0, 0.05) is 10.8 Å². The van der Waals surface area contributed by atoms with Gasteiger partial charge in [0.15, 0.2) is 0 Å². The molecular weight excluding hydrogens is 520 g/mol. The monoisotopic (exact) mass is 546 g/mol. The molecule has 1 heterocycles. The molecule has 1 aromatic heterocycles. The SMILES string of the molecule is c1cc(-c2ccc3c(c2)oc2ccccc23)cc(-c2c3ccccc3c(-c3cccc4ccccc34)c3ccccc23)c1. The first-order valence-electron chi connectivity index (χ1n) is 14.8. The summed E-state index contributed by atoms with van der Waals surface area (Å²) in [4.78, 5) is 0. The Balaban J connectivity index is 1.29. The molecule has 0 saturated heterocycles. The van der Waals surface area contributed by atoms with E-state index in [1.165, 1.54) is 60.1 Å². The average molecular weight is 547 g/mol. The summed E-state index contributed by atoms with van der Waals surface area (Å²) in [6.45, 7) is 0. The second-order valence-electron chi connectivity index (χ2n) is 11.3. The second kappa shape index (κ2) is 9.44. The van der Waals surface area contributed by atoms with E-state index < -0.39 is 0 Å². The van der Waals surface area contributed by atoms with Crippen LogP contribution in [0.25, 0.3) is 87.6 Å². The molecule has 0 saturated carbocycles. The van der Waals surface area contributed by atoms with Gasteiger partial charge in [-0.05, 0) is 90.0 Å². The van der Waals surface area contributed by atoms with Gasteiger partial charge in [0.25, 0.3) is 0 Å². The lowest BCUT2D eigenvalue weighted by molar-refractivity contribution is 0.669. The van der Waals surface area contributed by atoms with Gasteiger partial charge in [0.2, 0.25) is 0 Å². The van der Waals surface area contributed by atoms with Gasteiger partial charge < -0.3 is 4.42 Å². The highest BCUT2D eigenvalue weighted by atomic mass is 16.3. The minimum atomic E-state index is 0.916. The van der Waals surface area contributed by atoms with Crippen molar-refractivity contribution in [2.45, 2.75) is 0 Å². The largest absolute Gasteiger partial charge is 0.456 e. The number of benzene rings is 8. The standard InChI is InChI=1S/C42H26O/c1-2-15-31-27(11-1)12-10-21-34(31)42-37-19-5-3-17-35(37)41(36-18-4-6-20-38(36)42)30-14-9-13-28(25-30)29-23-24-33-32-16-7-8-22-39(32)43-40(33)26-29/h1-26H. The van der Waals surface area contributed by atoms with E-state index in [9.17, 15) is 0 Å². The molecule has 0 fully saturated rings. The van der Waals surface area contributed by atoms with Crippen molar-refractivity contribution in [3.8, 4) is 33.4 Å². The molecule has 0 atom stereocenters. The first-order chi connectivity index (χ1) is 21.3. The van der Waals surface area contributed by atoms with Crippen LogP contribution in [0.4, 0.5) is 0 Å². The molecule has 0 aliphatic rings. The fourth-order valence-corrected chi connectivity index (χ4v) is 6.93. The highest BCUT2D eigenvalue weighted by Gasteiger charge is 2.18. The van der Waals surface area contributed by atoms with E-state index in [1.807, 2.05) is 12.1 Å². The topological polar surface area (TPSA) is 13.1 Å². The van der Waals surface area contributed by atoms with Crippen molar-refractivity contribution in [1.29, 1.82) is 0 Å². The van der Waals surface area contributed by atoms with Gasteiger partial charge in [0.05, 0.1) is 0 Å². The normalized spacial score (nSPS) is 11.7. The van der Waals surface area contributed by atoms with Crippen molar-refractivity contribution >= 4 is 54.3 Å². The van der Waals surface area contributed by atoms with Crippen LogP contribution < -0.4 is 0 Å². The smallest absolute Gasteiger partial charge is 0.136 e. The Morgan fingerprint density at radius 1 is 0.302 bits per heavy atom. The highest BCUT2D eigenvalue weighted by Crippen LogP contribution is 2.45. The van der Waals surface area contributed by atoms with E-state index >= 15 is 0 Å². The van der Waals surface area contributed by atoms with Crippen LogP contribution in [0.15, 0.2) is 162 Å². The van der Waals surface area contributed by atoms with Crippen molar-refractivity contribution in [1.82, 2.24) is 0 Å². The molecule has 0 spiro atoms. The van der Waals surface area contributed by atoms with E-state index in [-0.39, 0.29) is 0 Å². The fraction of sp³-hybridized carbons (Fsp3) is 0. The van der Waals surface area contributed by atoms with E-state index in [0.717, 1.165) is 27.5 Å². The Hall–Kier alpha value is -5.66. The first-order valence-corrected chi connectivity index (χ1v) is 14.8. The Labute approximate surface area is 249 Å². The highest BCUT2D eigenvalue weighted by molar-refractivity contribution is 6.23. The molecule has 0 N–H and O–H groups in total. The summed E-state index contributed by atoms with van der Waals surface area (Å²) in [6, 6.07) is 56.9. The number of fused-ring (bicyclic) bond motifs is 6. The zero-order valence-corrected chi connectivity index (χ0v) is 23.4. The predicted octanol–water partition coefficient (Wildman–Crippen LogP) is 12.0. The molecule has 0 bridgehead atoms. The maximum atomic E-state index is 6.23. The first kappa shape index (κ1) is 24.0. The maximum absolute atomic E-state index is 6.23. The molecular formula is C42H26O. The summed E-state index contributed by atoms with van der Waals surface area (Å²) in [6.07, 6.45) is 0. The van der Waals surface area contributed by atoms with E-state index in [2.05, 4.69) is 146 Å². The van der Waals surface area contributed by atoms with Crippen LogP contribution in [0.1, 0.15) is 0 Å². The number of hydrogen-bond donors (Lipinski definition) is 0. The summed E-state index contributed by atoms with van der Waals surface area (Å²) < 4.78 is 6.23. The number of hydrogen-bond acceptors (Lipinski definition) is 1. The number of para-hydroxylation sites is 1. The molecule has 1 heteroatoms. The van der Waals surface area contributed by atoms with Gasteiger partial charge in [-0.1, -0.05) is 133 Å². The average Bonchev–Trinajstić information content (AvgIpc) is 3.45. The summed E-state index contributed by atoms with van der Waals surface area (Å²) in [5.41, 5.74) is 9.19. The van der Waals surface area contributed by atoms with Crippen molar-refractivity contribution in [3.05, 3.63) is 158 Å². The van der Waals surface area contributed by atoms with Crippen LogP contribution in [-0.2, 0) is 0 Å². The lowest BCUT2D eigenvalue weighted by Gasteiger charge is -2.19. The zero-order valence-electron chi connectivity index (χ0n) is 23.4. The minimum Gasteiger partial charge on any atom is -0.456 e. The summed E-state index contributed by atoms with van der Waals surface area (Å²) in [5.74, 6) is 0. The molecule has 0 unspecified atom stereocenters. The van der Waals surface area contributed by atoms with Crippen LogP contribution in [0.2, 0.25) is 0 Å². The lowest BCUT2D eigenvalue weighted by atomic mass is 9.84. The van der Waals surface area contributed by atoms with Gasteiger partial charge in [-0.3, -0.25) is 0 Å². The quantitative estimate of drug-likeness (QED) is 0.201. The van der Waals surface area contributed by atoms with Crippen LogP contribution in [0.3, 0.4) is 0 Å². The van der Waals surface area contributed by atoms with Crippen molar-refractivity contribution < 1.29 is 4.42 Å². The summed E-state index contributed by atoms with van der Waals surface area (Å²) in [5, 5.41) is 9.88. The molecule has 43 heavy (non-hydrogen) atoms. The maximum Gasteiger partial charge on any atom is 0.136 e. The van der Waals surface area contributed by atoms with Gasteiger partial charge in [-0.15, -0.1) is 0 Å². The third-order valence-corrected chi connectivity index (χ3v) is 8.85. The Kier molecular flexibility index (Phi) is 5.27. The number of rotatable bonds is 3. The Morgan fingerprint density at radius 3 is 1.60 bits per heavy atom. The second-order valence-corrected chi connectivity index (χ2v) is 11.3. The predicted molar refractivity (Wildman–Crippen MR) is 183 cm³/mol. The van der Waals surface area contributed by atoms with Gasteiger partial charge in [-0.25, -0.2) is 0 Å². The van der Waals surface area contributed by atoms with Crippen LogP contribution in [0, 0.1) is 0 Å². The van der Waals surface area contributed by atoms with Crippen molar-refractivity contribution in [2.75, 3.05) is 0 Å². The van der Waals surface area contributed by atoms with Gasteiger partial charge in [-0.2, -0.15) is 0 Å². The lowest BCUT2D eigenvalue weighted by Crippen LogP contribution is -1.92. The molecule has 0 aliphatic carbocycles. The van der Waals surface area contributed by atoms with E-state index in [0.29, 0.717) is 0 Å². The molecule has 1 nitrogen and oxygen atoms in total. The van der Waals surface area contributed by atoms with Crippen LogP contribution in [-0.4, -0.2) is 0 Å². The van der Waals surface area contributed by atoms with Crippen LogP contribution in [0.5, 0.6) is 0 Å². The van der Waals surface area contributed by atoms with Crippen molar-refractivity contribution in [2.24, 2.45) is 0 Å². The van der Waals surface area contributed by atoms with Gasteiger partial charge in [0.1, 0.15) is 11.2 Å². The summed E-state index contributed by atoms with van der Waals surface area (Å²) >= 11 is 0. The Bertz CT molecular complexity index is 2450. The van der Waals surface area contributed by atoms with Gasteiger partial charge >= 0.3 is 0 Å². The fourth-order valence-electron chi connectivity index (χ4n) is 6.93. The zero-order chi connectivity index (χ0) is 28.3. The molecule has 9 aromatic rings. The molecule has 0 amide bonds. The minimum absolute atomic E-state index is 0.916. The van der Waals surface area contributed by atoms with Crippen LogP contribution >= 0.6 is 0 Å². The molecule has 8 aromatic carbocycles. The molecule has 0 radical (unpaired) electrons. The van der Waals surface area contributed by atoms with E-state index in [1.54, 1.807) is 0 Å². The molecule has 0 aliphatic heterocycles.